The number of carbonyl (C=O) groups is 2. The molecule has 1 aliphatic rings. The van der Waals surface area contributed by atoms with E-state index in [0.717, 1.165) is 27.8 Å². The molecule has 2 amide bonds. The quantitative estimate of drug-likeness (QED) is 0.292. The standard InChI is InChI=1S/C22H15N3O8S/c26-20-14(10-15(24(29)30)12-17(20)25(31)32)11-19-21(27)23(22(28)34-19)8-9-33-18-7-3-5-13-4-1-2-6-16(13)18/h1-7,10-12,26H,8-9H2/b19-11-. The first-order valence-electron chi connectivity index (χ1n) is 9.78. The van der Waals surface area contributed by atoms with Gasteiger partial charge in [-0.1, -0.05) is 36.4 Å². The number of rotatable bonds is 7. The third-order valence-electron chi connectivity index (χ3n) is 4.99. The Morgan fingerprint density at radius 1 is 1.03 bits per heavy atom. The molecule has 34 heavy (non-hydrogen) atoms. The van der Waals surface area contributed by atoms with E-state index in [-0.39, 0.29) is 23.6 Å². The summed E-state index contributed by atoms with van der Waals surface area (Å²) < 4.78 is 5.77. The predicted octanol–water partition coefficient (Wildman–Crippen LogP) is 4.48. The first-order valence-corrected chi connectivity index (χ1v) is 10.6. The highest BCUT2D eigenvalue weighted by Crippen LogP contribution is 2.39. The minimum Gasteiger partial charge on any atom is -0.502 e. The van der Waals surface area contributed by atoms with Crippen LogP contribution in [0.5, 0.6) is 11.5 Å². The van der Waals surface area contributed by atoms with E-state index in [1.54, 1.807) is 6.07 Å². The monoisotopic (exact) mass is 481 g/mol. The minimum absolute atomic E-state index is 0.0207. The zero-order chi connectivity index (χ0) is 24.4. The number of carbonyl (C=O) groups excluding carboxylic acids is 2. The number of phenols is 1. The number of benzene rings is 3. The number of hydrogen-bond donors (Lipinski definition) is 1. The van der Waals surface area contributed by atoms with Gasteiger partial charge < -0.3 is 9.84 Å². The summed E-state index contributed by atoms with van der Waals surface area (Å²) in [6.45, 7) is -0.0425. The highest BCUT2D eigenvalue weighted by Gasteiger charge is 2.35. The Bertz CT molecular complexity index is 1380. The Morgan fingerprint density at radius 2 is 1.76 bits per heavy atom. The molecule has 0 aromatic heterocycles. The molecule has 3 aromatic carbocycles. The second kappa shape index (κ2) is 9.19. The van der Waals surface area contributed by atoms with E-state index >= 15 is 0 Å². The largest absolute Gasteiger partial charge is 0.502 e. The van der Waals surface area contributed by atoms with Gasteiger partial charge in [0.25, 0.3) is 16.8 Å². The van der Waals surface area contributed by atoms with Crippen LogP contribution in [0.1, 0.15) is 5.56 Å². The van der Waals surface area contributed by atoms with Gasteiger partial charge in [-0.2, -0.15) is 0 Å². The number of thioether (sulfide) groups is 1. The molecule has 1 aliphatic heterocycles. The van der Waals surface area contributed by atoms with E-state index in [1.807, 2.05) is 36.4 Å². The topological polar surface area (TPSA) is 153 Å². The van der Waals surface area contributed by atoms with Gasteiger partial charge in [-0.05, 0) is 29.3 Å². The van der Waals surface area contributed by atoms with Gasteiger partial charge in [0.1, 0.15) is 12.4 Å². The van der Waals surface area contributed by atoms with E-state index in [2.05, 4.69) is 0 Å². The maximum absolute atomic E-state index is 12.7. The molecule has 0 unspecified atom stereocenters. The molecule has 1 N–H and O–H groups in total. The smallest absolute Gasteiger partial charge is 0.318 e. The summed E-state index contributed by atoms with van der Waals surface area (Å²) in [4.78, 5) is 46.3. The van der Waals surface area contributed by atoms with Gasteiger partial charge in [0.15, 0.2) is 0 Å². The maximum Gasteiger partial charge on any atom is 0.318 e. The summed E-state index contributed by atoms with van der Waals surface area (Å²) in [6, 6.07) is 14.6. The lowest BCUT2D eigenvalue weighted by molar-refractivity contribution is -0.394. The third kappa shape index (κ3) is 4.38. The SMILES string of the molecule is O=C1S/C(=C\c2cc([N+](=O)[O-])cc([N+](=O)[O-])c2O)C(=O)N1CCOc1cccc2ccccc12. The number of amides is 2. The van der Waals surface area contributed by atoms with Gasteiger partial charge in [-0.3, -0.25) is 34.7 Å². The van der Waals surface area contributed by atoms with E-state index < -0.39 is 38.1 Å². The fourth-order valence-corrected chi connectivity index (χ4v) is 4.24. The van der Waals surface area contributed by atoms with Crippen LogP contribution in [0.3, 0.4) is 0 Å². The molecule has 0 radical (unpaired) electrons. The third-order valence-corrected chi connectivity index (χ3v) is 5.90. The number of nitro groups is 2. The lowest BCUT2D eigenvalue weighted by Crippen LogP contribution is -2.32. The van der Waals surface area contributed by atoms with Crippen LogP contribution in [-0.2, 0) is 4.79 Å². The number of nitrogens with zero attached hydrogens (tertiary/aromatic N) is 3. The Labute approximate surface area is 195 Å². The summed E-state index contributed by atoms with van der Waals surface area (Å²) in [7, 11) is 0. The highest BCUT2D eigenvalue weighted by atomic mass is 32.2. The normalized spacial score (nSPS) is 14.7. The summed E-state index contributed by atoms with van der Waals surface area (Å²) in [5, 5.41) is 33.6. The van der Waals surface area contributed by atoms with Crippen LogP contribution in [0.4, 0.5) is 16.2 Å². The lowest BCUT2D eigenvalue weighted by atomic mass is 10.1. The van der Waals surface area contributed by atoms with E-state index in [0.29, 0.717) is 23.6 Å². The second-order valence-electron chi connectivity index (χ2n) is 7.08. The fourth-order valence-electron chi connectivity index (χ4n) is 3.38. The van der Waals surface area contributed by atoms with Crippen molar-refractivity contribution < 1.29 is 29.3 Å². The zero-order valence-corrected chi connectivity index (χ0v) is 18.1. The average molecular weight is 481 g/mol. The number of hydrogen-bond acceptors (Lipinski definition) is 9. The van der Waals surface area contributed by atoms with Gasteiger partial charge in [0.2, 0.25) is 5.75 Å². The number of non-ortho nitro benzene ring substituents is 1. The Hall–Kier alpha value is -4.45. The van der Waals surface area contributed by atoms with Crippen LogP contribution >= 0.6 is 11.8 Å². The molecule has 0 aliphatic carbocycles. The Kier molecular flexibility index (Phi) is 6.15. The molecule has 0 atom stereocenters. The van der Waals surface area contributed by atoms with Crippen molar-refractivity contribution in [1.29, 1.82) is 0 Å². The maximum atomic E-state index is 12.7. The zero-order valence-electron chi connectivity index (χ0n) is 17.2. The van der Waals surface area contributed by atoms with Gasteiger partial charge in [0.05, 0.1) is 27.4 Å². The van der Waals surface area contributed by atoms with Crippen molar-refractivity contribution >= 4 is 51.1 Å². The lowest BCUT2D eigenvalue weighted by Gasteiger charge is -2.14. The van der Waals surface area contributed by atoms with Crippen LogP contribution < -0.4 is 4.74 Å². The van der Waals surface area contributed by atoms with Crippen molar-refractivity contribution in [3.05, 3.63) is 85.3 Å². The number of fused-ring (bicyclic) bond motifs is 1. The second-order valence-corrected chi connectivity index (χ2v) is 8.07. The summed E-state index contributed by atoms with van der Waals surface area (Å²) in [5.74, 6) is -0.957. The number of imide groups is 1. The summed E-state index contributed by atoms with van der Waals surface area (Å²) in [6.07, 6.45) is 1.02. The van der Waals surface area contributed by atoms with E-state index in [4.69, 9.17) is 4.74 Å². The molecule has 1 saturated heterocycles. The van der Waals surface area contributed by atoms with Gasteiger partial charge in [-0.25, -0.2) is 0 Å². The molecule has 11 nitrogen and oxygen atoms in total. The van der Waals surface area contributed by atoms with Crippen LogP contribution in [0.2, 0.25) is 0 Å². The van der Waals surface area contributed by atoms with E-state index in [1.165, 1.54) is 0 Å². The molecule has 1 fully saturated rings. The van der Waals surface area contributed by atoms with E-state index in [9.17, 15) is 34.9 Å². The van der Waals surface area contributed by atoms with Crippen LogP contribution in [-0.4, -0.2) is 44.2 Å². The number of aromatic hydroxyl groups is 1. The van der Waals surface area contributed by atoms with Crippen LogP contribution in [0.15, 0.2) is 59.5 Å². The highest BCUT2D eigenvalue weighted by molar-refractivity contribution is 8.18. The summed E-state index contributed by atoms with van der Waals surface area (Å²) >= 11 is 0.555. The first kappa shape index (κ1) is 22.7. The first-order chi connectivity index (χ1) is 16.3. The molecule has 0 saturated carbocycles. The van der Waals surface area contributed by atoms with Crippen molar-refractivity contribution in [2.75, 3.05) is 13.2 Å². The molecular formula is C22H15N3O8S. The Balaban J connectivity index is 1.53. The van der Waals surface area contributed by atoms with Crippen molar-refractivity contribution in [3.63, 3.8) is 0 Å². The Morgan fingerprint density at radius 3 is 2.50 bits per heavy atom. The molecule has 0 bridgehead atoms. The van der Waals surface area contributed by atoms with Gasteiger partial charge in [-0.15, -0.1) is 0 Å². The van der Waals surface area contributed by atoms with Gasteiger partial charge >= 0.3 is 5.69 Å². The van der Waals surface area contributed by atoms with Gasteiger partial charge in [0, 0.05) is 17.0 Å². The molecule has 0 spiro atoms. The van der Waals surface area contributed by atoms with Crippen molar-refractivity contribution in [1.82, 2.24) is 4.90 Å². The van der Waals surface area contributed by atoms with Crippen molar-refractivity contribution in [2.24, 2.45) is 0 Å². The number of nitro benzene ring substituents is 2. The molecule has 172 valence electrons. The van der Waals surface area contributed by atoms with Crippen molar-refractivity contribution in [3.8, 4) is 11.5 Å². The van der Waals surface area contributed by atoms with Crippen LogP contribution in [0.25, 0.3) is 16.8 Å². The number of ether oxygens (including phenoxy) is 1. The van der Waals surface area contributed by atoms with Crippen molar-refractivity contribution in [2.45, 2.75) is 0 Å². The van der Waals surface area contributed by atoms with Crippen LogP contribution in [0, 0.1) is 20.2 Å². The molecule has 1 heterocycles. The average Bonchev–Trinajstić information content (AvgIpc) is 3.07. The molecule has 4 rings (SSSR count). The predicted molar refractivity (Wildman–Crippen MR) is 124 cm³/mol. The fraction of sp³-hybridized carbons (Fsp3) is 0.0909. The molecular weight excluding hydrogens is 466 g/mol. The molecule has 3 aromatic rings. The summed E-state index contributed by atoms with van der Waals surface area (Å²) in [5.41, 5.74) is -1.85. The minimum atomic E-state index is -0.976. The number of phenolic OH excluding ortho intramolecular Hbond substituents is 1. The molecule has 12 heteroatoms.